The number of carbonyl (C=O) groups excluding carboxylic acids is 3. The lowest BCUT2D eigenvalue weighted by molar-refractivity contribution is -0.147. The summed E-state index contributed by atoms with van der Waals surface area (Å²) in [5, 5.41) is 6.01. The van der Waals surface area contributed by atoms with Gasteiger partial charge in [-0.05, 0) is 55.8 Å². The number of halogens is 2. The average molecular weight is 453 g/mol. The van der Waals surface area contributed by atoms with Crippen LogP contribution in [0.15, 0.2) is 42.5 Å². The Hall–Kier alpha value is -2.77. The zero-order chi connectivity index (χ0) is 21.9. The van der Waals surface area contributed by atoms with E-state index in [1.54, 1.807) is 42.5 Å². The fourth-order valence-corrected chi connectivity index (χ4v) is 2.71. The van der Waals surface area contributed by atoms with Crippen molar-refractivity contribution in [2.24, 2.45) is 0 Å². The number of hydrogen-bond acceptors (Lipinski definition) is 5. The van der Waals surface area contributed by atoms with Crippen molar-refractivity contribution in [1.29, 1.82) is 0 Å². The third-order valence-electron chi connectivity index (χ3n) is 3.80. The van der Waals surface area contributed by atoms with Gasteiger partial charge in [-0.2, -0.15) is 0 Å². The van der Waals surface area contributed by atoms with Gasteiger partial charge in [-0.1, -0.05) is 23.2 Å². The van der Waals surface area contributed by atoms with Crippen molar-refractivity contribution in [1.82, 2.24) is 0 Å². The van der Waals surface area contributed by atoms with Crippen molar-refractivity contribution in [2.75, 3.05) is 23.8 Å². The molecule has 2 amide bonds. The molecule has 30 heavy (non-hydrogen) atoms. The lowest BCUT2D eigenvalue weighted by atomic mass is 10.2. The first-order chi connectivity index (χ1) is 14.4. The van der Waals surface area contributed by atoms with Crippen molar-refractivity contribution >= 4 is 52.4 Å². The van der Waals surface area contributed by atoms with Crippen LogP contribution < -0.4 is 15.4 Å². The minimum Gasteiger partial charge on any atom is -0.494 e. The first-order valence-corrected chi connectivity index (χ1v) is 10.1. The molecule has 0 aliphatic rings. The van der Waals surface area contributed by atoms with Crippen LogP contribution in [0.1, 0.15) is 26.2 Å². The Bertz CT molecular complexity index is 887. The maximum absolute atomic E-state index is 11.9. The van der Waals surface area contributed by atoms with Crippen molar-refractivity contribution in [2.45, 2.75) is 26.2 Å². The average Bonchev–Trinajstić information content (AvgIpc) is 2.71. The van der Waals surface area contributed by atoms with Gasteiger partial charge < -0.3 is 20.1 Å². The number of carbonyl (C=O) groups is 3. The Labute approximate surface area is 184 Å². The second-order valence-electron chi connectivity index (χ2n) is 6.20. The van der Waals surface area contributed by atoms with Crippen LogP contribution in [0.5, 0.6) is 5.75 Å². The van der Waals surface area contributed by atoms with E-state index in [2.05, 4.69) is 10.6 Å². The van der Waals surface area contributed by atoms with Gasteiger partial charge in [0.2, 0.25) is 5.91 Å². The SMILES string of the molecule is CCOc1ccc(NC(=O)COC(=O)CCCC(=O)Nc2ccc(Cl)c(Cl)c2)cc1. The van der Waals surface area contributed by atoms with Crippen molar-refractivity contribution in [3.63, 3.8) is 0 Å². The summed E-state index contributed by atoms with van der Waals surface area (Å²) in [4.78, 5) is 35.5. The van der Waals surface area contributed by atoms with E-state index in [1.807, 2.05) is 6.92 Å². The van der Waals surface area contributed by atoms with Gasteiger partial charge in [-0.25, -0.2) is 0 Å². The van der Waals surface area contributed by atoms with Crippen molar-refractivity contribution in [3.8, 4) is 5.75 Å². The van der Waals surface area contributed by atoms with Gasteiger partial charge in [-0.15, -0.1) is 0 Å². The van der Waals surface area contributed by atoms with Crippen LogP contribution in [0.4, 0.5) is 11.4 Å². The highest BCUT2D eigenvalue weighted by Crippen LogP contribution is 2.25. The van der Waals surface area contributed by atoms with Crippen LogP contribution in [-0.2, 0) is 19.1 Å². The molecular weight excluding hydrogens is 431 g/mol. The zero-order valence-electron chi connectivity index (χ0n) is 16.4. The molecule has 0 aliphatic heterocycles. The molecule has 0 aromatic heterocycles. The molecule has 0 saturated heterocycles. The molecule has 2 aromatic carbocycles. The fraction of sp³-hybridized carbons (Fsp3) is 0.286. The van der Waals surface area contributed by atoms with Gasteiger partial charge >= 0.3 is 5.97 Å². The van der Waals surface area contributed by atoms with E-state index in [0.29, 0.717) is 33.8 Å². The Morgan fingerprint density at radius 1 is 0.867 bits per heavy atom. The standard InChI is InChI=1S/C21H22Cl2N2O5/c1-2-29-16-9-6-14(7-10-16)24-20(27)13-30-21(28)5-3-4-19(26)25-15-8-11-17(22)18(23)12-15/h6-12H,2-5,13H2,1H3,(H,24,27)(H,25,26). The first kappa shape index (κ1) is 23.5. The van der Waals surface area contributed by atoms with Crippen molar-refractivity contribution < 1.29 is 23.9 Å². The van der Waals surface area contributed by atoms with Gasteiger partial charge in [0, 0.05) is 24.2 Å². The Morgan fingerprint density at radius 2 is 1.53 bits per heavy atom. The summed E-state index contributed by atoms with van der Waals surface area (Å²) in [5.74, 6) is -0.580. The molecule has 7 nitrogen and oxygen atoms in total. The molecule has 0 radical (unpaired) electrons. The van der Waals surface area contributed by atoms with E-state index in [1.165, 1.54) is 0 Å². The molecule has 0 fully saturated rings. The number of anilines is 2. The Morgan fingerprint density at radius 3 is 2.20 bits per heavy atom. The molecule has 0 atom stereocenters. The third-order valence-corrected chi connectivity index (χ3v) is 4.54. The number of rotatable bonds is 10. The highest BCUT2D eigenvalue weighted by atomic mass is 35.5. The van der Waals surface area contributed by atoms with Crippen molar-refractivity contribution in [3.05, 3.63) is 52.5 Å². The number of esters is 1. The van der Waals surface area contributed by atoms with Gasteiger partial charge in [0.1, 0.15) is 5.75 Å². The maximum atomic E-state index is 11.9. The molecule has 2 aromatic rings. The molecule has 0 spiro atoms. The topological polar surface area (TPSA) is 93.7 Å². The summed E-state index contributed by atoms with van der Waals surface area (Å²) < 4.78 is 10.2. The van der Waals surface area contributed by atoms with E-state index in [9.17, 15) is 14.4 Å². The van der Waals surface area contributed by atoms with E-state index in [4.69, 9.17) is 32.7 Å². The highest BCUT2D eigenvalue weighted by Gasteiger charge is 2.10. The van der Waals surface area contributed by atoms with E-state index in [-0.39, 0.29) is 25.2 Å². The van der Waals surface area contributed by atoms with Gasteiger partial charge in [0.05, 0.1) is 16.7 Å². The Balaban J connectivity index is 1.63. The molecule has 0 heterocycles. The normalized spacial score (nSPS) is 10.2. The quantitative estimate of drug-likeness (QED) is 0.510. The molecule has 9 heteroatoms. The molecule has 2 N–H and O–H groups in total. The van der Waals surface area contributed by atoms with E-state index < -0.39 is 18.5 Å². The summed E-state index contributed by atoms with van der Waals surface area (Å²) in [6.45, 7) is 2.03. The maximum Gasteiger partial charge on any atom is 0.306 e. The van der Waals surface area contributed by atoms with Crippen LogP contribution in [0, 0.1) is 0 Å². The fourth-order valence-electron chi connectivity index (χ4n) is 2.41. The minimum absolute atomic E-state index is 0.0190. The second kappa shape index (κ2) is 12.0. The summed E-state index contributed by atoms with van der Waals surface area (Å²) >= 11 is 11.7. The summed E-state index contributed by atoms with van der Waals surface area (Å²) in [6.07, 6.45) is 0.422. The minimum atomic E-state index is -0.556. The molecule has 0 unspecified atom stereocenters. The second-order valence-corrected chi connectivity index (χ2v) is 7.01. The van der Waals surface area contributed by atoms with Crippen LogP contribution >= 0.6 is 23.2 Å². The molecule has 0 aliphatic carbocycles. The summed E-state index contributed by atoms with van der Waals surface area (Å²) in [6, 6.07) is 11.6. The molecule has 160 valence electrons. The summed E-state index contributed by atoms with van der Waals surface area (Å²) in [5.41, 5.74) is 1.08. The number of benzene rings is 2. The molecular formula is C21H22Cl2N2O5. The predicted octanol–water partition coefficient (Wildman–Crippen LogP) is 4.68. The largest absolute Gasteiger partial charge is 0.494 e. The number of nitrogens with one attached hydrogen (secondary N) is 2. The lowest BCUT2D eigenvalue weighted by Gasteiger charge is -2.08. The zero-order valence-corrected chi connectivity index (χ0v) is 17.9. The van der Waals surface area contributed by atoms with Crippen LogP contribution in [0.2, 0.25) is 10.0 Å². The van der Waals surface area contributed by atoms with E-state index >= 15 is 0 Å². The van der Waals surface area contributed by atoms with Gasteiger partial charge in [0.15, 0.2) is 6.61 Å². The van der Waals surface area contributed by atoms with Crippen LogP contribution in [0.3, 0.4) is 0 Å². The molecule has 0 saturated carbocycles. The van der Waals surface area contributed by atoms with Gasteiger partial charge in [0.25, 0.3) is 5.91 Å². The number of amides is 2. The smallest absolute Gasteiger partial charge is 0.306 e. The number of hydrogen-bond donors (Lipinski definition) is 2. The third kappa shape index (κ3) is 8.31. The predicted molar refractivity (Wildman–Crippen MR) is 116 cm³/mol. The number of ether oxygens (including phenoxy) is 2. The first-order valence-electron chi connectivity index (χ1n) is 9.30. The van der Waals surface area contributed by atoms with Crippen LogP contribution in [0.25, 0.3) is 0 Å². The molecule has 0 bridgehead atoms. The lowest BCUT2D eigenvalue weighted by Crippen LogP contribution is -2.21. The van der Waals surface area contributed by atoms with Crippen LogP contribution in [-0.4, -0.2) is 31.0 Å². The molecule has 2 rings (SSSR count). The summed E-state index contributed by atoms with van der Waals surface area (Å²) in [7, 11) is 0. The monoisotopic (exact) mass is 452 g/mol. The highest BCUT2D eigenvalue weighted by molar-refractivity contribution is 6.42. The Kier molecular flexibility index (Phi) is 9.44. The van der Waals surface area contributed by atoms with Gasteiger partial charge in [-0.3, -0.25) is 14.4 Å². The van der Waals surface area contributed by atoms with E-state index in [0.717, 1.165) is 0 Å².